The molecule has 0 spiro atoms. The summed E-state index contributed by atoms with van der Waals surface area (Å²) in [4.78, 5) is 12.0. The minimum atomic E-state index is -0.495. The first-order valence-electron chi connectivity index (χ1n) is 7.62. The average molecular weight is 318 g/mol. The molecule has 2 rings (SSSR count). The van der Waals surface area contributed by atoms with Crippen LogP contribution in [0, 0.1) is 19.7 Å². The molecule has 5 heteroatoms. The zero-order valence-corrected chi connectivity index (χ0v) is 14.0. The summed E-state index contributed by atoms with van der Waals surface area (Å²) in [5.74, 6) is 1.36. The third-order valence-electron chi connectivity index (χ3n) is 3.88. The molecule has 1 aromatic carbocycles. The molecule has 0 saturated carbocycles. The first-order valence-corrected chi connectivity index (χ1v) is 7.62. The van der Waals surface area contributed by atoms with Crippen LogP contribution in [0.4, 0.5) is 9.18 Å². The van der Waals surface area contributed by atoms with Gasteiger partial charge in [-0.1, -0.05) is 32.0 Å². The molecule has 124 valence electrons. The highest BCUT2D eigenvalue weighted by atomic mass is 19.1. The number of hydrogen-bond acceptors (Lipinski definition) is 2. The summed E-state index contributed by atoms with van der Waals surface area (Å²) in [7, 11) is 0. The lowest BCUT2D eigenvalue weighted by atomic mass is 9.84. The lowest BCUT2D eigenvalue weighted by molar-refractivity contribution is 0.237. The van der Waals surface area contributed by atoms with E-state index in [0.29, 0.717) is 18.7 Å². The Morgan fingerprint density at radius 1 is 1.22 bits per heavy atom. The zero-order valence-electron chi connectivity index (χ0n) is 14.0. The molecular weight excluding hydrogens is 295 g/mol. The van der Waals surface area contributed by atoms with E-state index in [2.05, 4.69) is 10.6 Å². The van der Waals surface area contributed by atoms with Crippen LogP contribution in [0.2, 0.25) is 0 Å². The third kappa shape index (κ3) is 4.34. The number of carbonyl (C=O) groups is 1. The van der Waals surface area contributed by atoms with Crippen molar-refractivity contribution in [2.75, 3.05) is 6.54 Å². The van der Waals surface area contributed by atoms with E-state index in [9.17, 15) is 9.18 Å². The maximum atomic E-state index is 13.9. The van der Waals surface area contributed by atoms with Crippen LogP contribution in [0.1, 0.15) is 36.5 Å². The molecule has 0 atom stereocenters. The van der Waals surface area contributed by atoms with Crippen LogP contribution in [0.15, 0.2) is 34.7 Å². The van der Waals surface area contributed by atoms with E-state index in [-0.39, 0.29) is 11.8 Å². The van der Waals surface area contributed by atoms with E-state index in [4.69, 9.17) is 4.42 Å². The fourth-order valence-electron chi connectivity index (χ4n) is 2.50. The molecule has 0 fully saturated rings. The molecule has 2 amide bonds. The standard InChI is InChI=1S/C18H23FN2O2/c1-12-9-14(13(2)23-12)10-20-17(22)21-11-18(3,4)15-7-5-6-8-16(15)19/h5-9H,10-11H2,1-4H3,(H2,20,21,22). The van der Waals surface area contributed by atoms with Crippen molar-refractivity contribution in [2.45, 2.75) is 39.7 Å². The Kier molecular flexibility index (Phi) is 5.08. The van der Waals surface area contributed by atoms with Crippen LogP contribution in [-0.2, 0) is 12.0 Å². The molecule has 4 nitrogen and oxygen atoms in total. The summed E-state index contributed by atoms with van der Waals surface area (Å²) >= 11 is 0. The highest BCUT2D eigenvalue weighted by Crippen LogP contribution is 2.24. The van der Waals surface area contributed by atoms with Gasteiger partial charge < -0.3 is 15.1 Å². The number of halogens is 1. The van der Waals surface area contributed by atoms with Crippen LogP contribution in [0.25, 0.3) is 0 Å². The van der Waals surface area contributed by atoms with Crippen molar-refractivity contribution in [1.29, 1.82) is 0 Å². The second-order valence-electron chi connectivity index (χ2n) is 6.34. The molecular formula is C18H23FN2O2. The number of nitrogens with one attached hydrogen (secondary N) is 2. The molecule has 0 aliphatic heterocycles. The molecule has 0 aliphatic carbocycles. The molecule has 2 aromatic rings. The van der Waals surface area contributed by atoms with Crippen LogP contribution >= 0.6 is 0 Å². The SMILES string of the molecule is Cc1cc(CNC(=O)NCC(C)(C)c2ccccc2F)c(C)o1. The highest BCUT2D eigenvalue weighted by molar-refractivity contribution is 5.74. The fraction of sp³-hybridized carbons (Fsp3) is 0.389. The van der Waals surface area contributed by atoms with Gasteiger partial charge in [0.1, 0.15) is 17.3 Å². The van der Waals surface area contributed by atoms with Gasteiger partial charge in [-0.25, -0.2) is 9.18 Å². The van der Waals surface area contributed by atoms with Crippen molar-refractivity contribution in [2.24, 2.45) is 0 Å². The van der Waals surface area contributed by atoms with Gasteiger partial charge in [-0.15, -0.1) is 0 Å². The van der Waals surface area contributed by atoms with Crippen molar-refractivity contribution in [3.63, 3.8) is 0 Å². The van der Waals surface area contributed by atoms with Gasteiger partial charge in [0.25, 0.3) is 0 Å². The number of rotatable bonds is 5. The minimum Gasteiger partial charge on any atom is -0.466 e. The van der Waals surface area contributed by atoms with Crippen LogP contribution in [-0.4, -0.2) is 12.6 Å². The number of aryl methyl sites for hydroxylation is 2. The first kappa shape index (κ1) is 17.1. The Labute approximate surface area is 136 Å². The van der Waals surface area contributed by atoms with E-state index in [1.165, 1.54) is 6.07 Å². The summed E-state index contributed by atoms with van der Waals surface area (Å²) in [6.07, 6.45) is 0. The normalized spacial score (nSPS) is 11.3. The van der Waals surface area contributed by atoms with Crippen molar-refractivity contribution in [3.8, 4) is 0 Å². The summed E-state index contributed by atoms with van der Waals surface area (Å²) < 4.78 is 19.3. The van der Waals surface area contributed by atoms with Gasteiger partial charge in [-0.3, -0.25) is 0 Å². The van der Waals surface area contributed by atoms with Crippen LogP contribution in [0.5, 0.6) is 0 Å². The topological polar surface area (TPSA) is 54.3 Å². The molecule has 1 heterocycles. The molecule has 2 N–H and O–H groups in total. The van der Waals surface area contributed by atoms with E-state index in [0.717, 1.165) is 17.1 Å². The first-order chi connectivity index (χ1) is 10.8. The van der Waals surface area contributed by atoms with Gasteiger partial charge >= 0.3 is 6.03 Å². The van der Waals surface area contributed by atoms with Crippen molar-refractivity contribution in [3.05, 3.63) is 58.8 Å². The quantitative estimate of drug-likeness (QED) is 0.880. The molecule has 0 unspecified atom stereocenters. The number of furan rings is 1. The second-order valence-corrected chi connectivity index (χ2v) is 6.34. The zero-order chi connectivity index (χ0) is 17.0. The van der Waals surface area contributed by atoms with Crippen LogP contribution in [0.3, 0.4) is 0 Å². The molecule has 0 saturated heterocycles. The third-order valence-corrected chi connectivity index (χ3v) is 3.88. The monoisotopic (exact) mass is 318 g/mol. The summed E-state index contributed by atoms with van der Waals surface area (Å²) in [5, 5.41) is 5.59. The number of benzene rings is 1. The van der Waals surface area contributed by atoms with Gasteiger partial charge in [-0.2, -0.15) is 0 Å². The Balaban J connectivity index is 1.88. The summed E-state index contributed by atoms with van der Waals surface area (Å²) in [6, 6.07) is 8.24. The van der Waals surface area contributed by atoms with Gasteiger partial charge in [0, 0.05) is 24.1 Å². The van der Waals surface area contributed by atoms with Crippen molar-refractivity contribution >= 4 is 6.03 Å². The molecule has 23 heavy (non-hydrogen) atoms. The van der Waals surface area contributed by atoms with E-state index >= 15 is 0 Å². The highest BCUT2D eigenvalue weighted by Gasteiger charge is 2.24. The largest absolute Gasteiger partial charge is 0.466 e. The number of urea groups is 1. The predicted molar refractivity (Wildman–Crippen MR) is 87.8 cm³/mol. The lowest BCUT2D eigenvalue weighted by Crippen LogP contribution is -2.42. The number of hydrogen-bond donors (Lipinski definition) is 2. The predicted octanol–water partition coefficient (Wildman–Crippen LogP) is 3.81. The van der Waals surface area contributed by atoms with Gasteiger partial charge in [0.15, 0.2) is 0 Å². The van der Waals surface area contributed by atoms with Crippen molar-refractivity contribution < 1.29 is 13.6 Å². The Morgan fingerprint density at radius 3 is 2.52 bits per heavy atom. The molecule has 0 aliphatic rings. The maximum absolute atomic E-state index is 13.9. The lowest BCUT2D eigenvalue weighted by Gasteiger charge is -2.26. The van der Waals surface area contributed by atoms with Gasteiger partial charge in [0.2, 0.25) is 0 Å². The minimum absolute atomic E-state index is 0.260. The maximum Gasteiger partial charge on any atom is 0.315 e. The molecule has 1 aromatic heterocycles. The Morgan fingerprint density at radius 2 is 1.91 bits per heavy atom. The van der Waals surface area contributed by atoms with E-state index in [1.54, 1.807) is 18.2 Å². The van der Waals surface area contributed by atoms with E-state index in [1.807, 2.05) is 33.8 Å². The second kappa shape index (κ2) is 6.86. The number of carbonyl (C=O) groups excluding carboxylic acids is 1. The average Bonchev–Trinajstić information content (AvgIpc) is 2.81. The van der Waals surface area contributed by atoms with Crippen molar-refractivity contribution in [1.82, 2.24) is 10.6 Å². The smallest absolute Gasteiger partial charge is 0.315 e. The Bertz CT molecular complexity index is 692. The molecule has 0 bridgehead atoms. The Hall–Kier alpha value is -2.30. The summed E-state index contributed by atoms with van der Waals surface area (Å²) in [6.45, 7) is 8.26. The fourth-order valence-corrected chi connectivity index (χ4v) is 2.50. The van der Waals surface area contributed by atoms with Crippen LogP contribution < -0.4 is 10.6 Å². The van der Waals surface area contributed by atoms with E-state index < -0.39 is 5.41 Å². The molecule has 0 radical (unpaired) electrons. The summed E-state index contributed by atoms with van der Waals surface area (Å²) in [5.41, 5.74) is 1.04. The van der Waals surface area contributed by atoms with Gasteiger partial charge in [0.05, 0.1) is 0 Å². The van der Waals surface area contributed by atoms with Gasteiger partial charge in [-0.05, 0) is 31.5 Å². The number of amides is 2.